The fourth-order valence-electron chi connectivity index (χ4n) is 3.35. The summed E-state index contributed by atoms with van der Waals surface area (Å²) >= 11 is 5.86. The first-order chi connectivity index (χ1) is 9.58. The fourth-order valence-corrected chi connectivity index (χ4v) is 3.61. The van der Waals surface area contributed by atoms with Crippen LogP contribution < -0.4 is 5.32 Å². The molecule has 1 N–H and O–H groups in total. The van der Waals surface area contributed by atoms with Crippen molar-refractivity contribution in [2.45, 2.75) is 50.2 Å². The van der Waals surface area contributed by atoms with Crippen molar-refractivity contribution < 1.29 is 13.5 Å². The SMILES string of the molecule is Fc1cc(F)c(NCC2CCC3(CCCC3)O2)c(Cl)c1. The Kier molecular flexibility index (Phi) is 3.87. The highest BCUT2D eigenvalue weighted by atomic mass is 35.5. The molecule has 1 aliphatic heterocycles. The number of hydrogen-bond acceptors (Lipinski definition) is 2. The van der Waals surface area contributed by atoms with Crippen molar-refractivity contribution in [2.24, 2.45) is 0 Å². The van der Waals surface area contributed by atoms with E-state index in [9.17, 15) is 8.78 Å². The summed E-state index contributed by atoms with van der Waals surface area (Å²) in [5.41, 5.74) is 0.223. The van der Waals surface area contributed by atoms with Crippen LogP contribution in [0.5, 0.6) is 0 Å². The predicted molar refractivity (Wildman–Crippen MR) is 75.2 cm³/mol. The van der Waals surface area contributed by atoms with Crippen molar-refractivity contribution >= 4 is 17.3 Å². The molecule has 1 spiro atoms. The van der Waals surface area contributed by atoms with Crippen molar-refractivity contribution in [3.05, 3.63) is 28.8 Å². The lowest BCUT2D eigenvalue weighted by Crippen LogP contribution is -2.28. The van der Waals surface area contributed by atoms with Crippen LogP contribution in [0, 0.1) is 11.6 Å². The second-order valence-electron chi connectivity index (χ2n) is 5.79. The van der Waals surface area contributed by atoms with Gasteiger partial charge in [-0.15, -0.1) is 0 Å². The Balaban J connectivity index is 1.61. The molecular formula is C15H18ClF2NO. The minimum absolute atomic E-state index is 0.0658. The number of nitrogens with one attached hydrogen (secondary N) is 1. The van der Waals surface area contributed by atoms with Crippen LogP contribution in [0.2, 0.25) is 5.02 Å². The quantitative estimate of drug-likeness (QED) is 0.886. The lowest BCUT2D eigenvalue weighted by molar-refractivity contribution is -0.0307. The predicted octanol–water partition coefficient (Wildman–Crippen LogP) is 4.52. The molecule has 2 nitrogen and oxygen atoms in total. The zero-order valence-electron chi connectivity index (χ0n) is 11.2. The lowest BCUT2D eigenvalue weighted by atomic mass is 9.98. The van der Waals surface area contributed by atoms with Crippen LogP contribution in [0.25, 0.3) is 0 Å². The van der Waals surface area contributed by atoms with E-state index >= 15 is 0 Å². The summed E-state index contributed by atoms with van der Waals surface area (Å²) in [5, 5.41) is 3.02. The zero-order valence-corrected chi connectivity index (χ0v) is 12.0. The first-order valence-corrected chi connectivity index (χ1v) is 7.52. The lowest BCUT2D eigenvalue weighted by Gasteiger charge is -2.24. The van der Waals surface area contributed by atoms with Gasteiger partial charge in [-0.1, -0.05) is 24.4 Å². The summed E-state index contributed by atoms with van der Waals surface area (Å²) in [5.74, 6) is -1.33. The maximum Gasteiger partial charge on any atom is 0.150 e. The molecule has 3 rings (SSSR count). The third-order valence-electron chi connectivity index (χ3n) is 4.37. The molecule has 110 valence electrons. The molecule has 1 aromatic rings. The normalized spacial score (nSPS) is 24.4. The van der Waals surface area contributed by atoms with Gasteiger partial charge in [0.2, 0.25) is 0 Å². The van der Waals surface area contributed by atoms with Gasteiger partial charge in [0.15, 0.2) is 5.82 Å². The van der Waals surface area contributed by atoms with Crippen molar-refractivity contribution in [1.29, 1.82) is 0 Å². The first-order valence-electron chi connectivity index (χ1n) is 7.14. The van der Waals surface area contributed by atoms with E-state index in [0.717, 1.165) is 37.8 Å². The highest BCUT2D eigenvalue weighted by Gasteiger charge is 2.41. The first kappa shape index (κ1) is 14.1. The Morgan fingerprint density at radius 2 is 2.00 bits per heavy atom. The largest absolute Gasteiger partial charge is 0.379 e. The van der Waals surface area contributed by atoms with Gasteiger partial charge in [-0.05, 0) is 31.7 Å². The van der Waals surface area contributed by atoms with Gasteiger partial charge in [-0.25, -0.2) is 8.78 Å². The molecule has 0 radical (unpaired) electrons. The molecule has 0 aromatic heterocycles. The number of rotatable bonds is 3. The van der Waals surface area contributed by atoms with Crippen LogP contribution in [-0.4, -0.2) is 18.2 Å². The van der Waals surface area contributed by atoms with Gasteiger partial charge in [-0.3, -0.25) is 0 Å². The topological polar surface area (TPSA) is 21.3 Å². The third kappa shape index (κ3) is 2.77. The number of anilines is 1. The summed E-state index contributed by atoms with van der Waals surface area (Å²) in [6.45, 7) is 0.504. The van der Waals surface area contributed by atoms with Crippen molar-refractivity contribution in [1.82, 2.24) is 0 Å². The van der Waals surface area contributed by atoms with Gasteiger partial charge in [0.05, 0.1) is 22.4 Å². The van der Waals surface area contributed by atoms with Gasteiger partial charge < -0.3 is 10.1 Å². The van der Waals surface area contributed by atoms with Crippen molar-refractivity contribution in [3.63, 3.8) is 0 Å². The molecule has 1 aromatic carbocycles. The molecule has 1 aliphatic carbocycles. The highest BCUT2D eigenvalue weighted by molar-refractivity contribution is 6.33. The number of halogens is 3. The zero-order chi connectivity index (χ0) is 14.2. The van der Waals surface area contributed by atoms with Crippen molar-refractivity contribution in [2.75, 3.05) is 11.9 Å². The van der Waals surface area contributed by atoms with Crippen LogP contribution in [0.3, 0.4) is 0 Å². The Hall–Kier alpha value is -0.870. The van der Waals surface area contributed by atoms with Crippen LogP contribution >= 0.6 is 11.6 Å². The van der Waals surface area contributed by atoms with Gasteiger partial charge in [-0.2, -0.15) is 0 Å². The Morgan fingerprint density at radius 3 is 2.70 bits per heavy atom. The molecule has 1 atom stereocenters. The summed E-state index contributed by atoms with van der Waals surface area (Å²) in [6, 6.07) is 1.95. The summed E-state index contributed by atoms with van der Waals surface area (Å²) in [7, 11) is 0. The summed E-state index contributed by atoms with van der Waals surface area (Å²) in [4.78, 5) is 0. The standard InChI is InChI=1S/C15H18ClF2NO/c16-12-7-10(17)8-13(18)14(12)19-9-11-3-6-15(20-11)4-1-2-5-15/h7-8,11,19H,1-6,9H2. The molecule has 1 saturated carbocycles. The molecule has 1 unspecified atom stereocenters. The summed E-state index contributed by atoms with van der Waals surface area (Å²) in [6.07, 6.45) is 6.88. The minimum atomic E-state index is -0.667. The molecule has 1 saturated heterocycles. The average Bonchev–Trinajstić information content (AvgIpc) is 2.99. The van der Waals surface area contributed by atoms with E-state index in [4.69, 9.17) is 16.3 Å². The molecule has 2 aliphatic rings. The third-order valence-corrected chi connectivity index (χ3v) is 4.66. The number of ether oxygens (including phenoxy) is 1. The second-order valence-corrected chi connectivity index (χ2v) is 6.20. The molecule has 2 fully saturated rings. The molecule has 20 heavy (non-hydrogen) atoms. The van der Waals surface area contributed by atoms with E-state index in [1.807, 2.05) is 0 Å². The van der Waals surface area contributed by atoms with Crippen LogP contribution in [0.4, 0.5) is 14.5 Å². The van der Waals surface area contributed by atoms with Crippen LogP contribution in [0.15, 0.2) is 12.1 Å². The van der Waals surface area contributed by atoms with E-state index in [1.54, 1.807) is 0 Å². The Morgan fingerprint density at radius 1 is 1.25 bits per heavy atom. The van der Waals surface area contributed by atoms with E-state index in [-0.39, 0.29) is 22.4 Å². The number of hydrogen-bond donors (Lipinski definition) is 1. The molecule has 0 bridgehead atoms. The maximum absolute atomic E-state index is 13.7. The molecule has 0 amide bonds. The van der Waals surface area contributed by atoms with E-state index in [2.05, 4.69) is 5.32 Å². The monoisotopic (exact) mass is 301 g/mol. The van der Waals surface area contributed by atoms with Crippen molar-refractivity contribution in [3.8, 4) is 0 Å². The minimum Gasteiger partial charge on any atom is -0.379 e. The van der Waals surface area contributed by atoms with Gasteiger partial charge in [0.25, 0.3) is 0 Å². The molecule has 1 heterocycles. The van der Waals surface area contributed by atoms with E-state index < -0.39 is 11.6 Å². The van der Waals surface area contributed by atoms with E-state index in [0.29, 0.717) is 6.54 Å². The highest BCUT2D eigenvalue weighted by Crippen LogP contribution is 2.43. The Labute approximate surface area is 122 Å². The van der Waals surface area contributed by atoms with Crippen LogP contribution in [0.1, 0.15) is 38.5 Å². The van der Waals surface area contributed by atoms with Crippen LogP contribution in [-0.2, 0) is 4.74 Å². The molecule has 5 heteroatoms. The molecular weight excluding hydrogens is 284 g/mol. The summed E-state index contributed by atoms with van der Waals surface area (Å²) < 4.78 is 32.8. The van der Waals surface area contributed by atoms with Gasteiger partial charge in [0, 0.05) is 12.6 Å². The van der Waals surface area contributed by atoms with Gasteiger partial charge in [0.1, 0.15) is 5.82 Å². The van der Waals surface area contributed by atoms with E-state index in [1.165, 1.54) is 12.8 Å². The maximum atomic E-state index is 13.7. The number of benzene rings is 1. The smallest absolute Gasteiger partial charge is 0.150 e. The van der Waals surface area contributed by atoms with Gasteiger partial charge >= 0.3 is 0 Å². The average molecular weight is 302 g/mol. The fraction of sp³-hybridized carbons (Fsp3) is 0.600. The Bertz CT molecular complexity index is 480. The second kappa shape index (κ2) is 5.49.